The van der Waals surface area contributed by atoms with E-state index in [9.17, 15) is 13.6 Å². The molecule has 148 valence electrons. The number of nitrogens with one attached hydrogen (secondary N) is 1. The van der Waals surface area contributed by atoms with Crippen LogP contribution in [0.25, 0.3) is 0 Å². The third-order valence-electron chi connectivity index (χ3n) is 4.83. The molecule has 0 spiro atoms. The Kier molecular flexibility index (Phi) is 5.42. The highest BCUT2D eigenvalue weighted by Gasteiger charge is 2.13. The van der Waals surface area contributed by atoms with E-state index in [1.165, 1.54) is 18.9 Å². The van der Waals surface area contributed by atoms with E-state index in [2.05, 4.69) is 10.2 Å². The van der Waals surface area contributed by atoms with Gasteiger partial charge in [-0.05, 0) is 73.5 Å². The standard InChI is InChI=1S/C23H20F2N2O2/c24-17-5-12-22(21(25)15-17)29-20-10-3-16(4-11-20)23(28)26-18-6-8-19(9-7-18)27-13-1-2-14-27/h3-12,15H,1-2,13-14H2,(H,26,28). The largest absolute Gasteiger partial charge is 0.454 e. The van der Waals surface area contributed by atoms with Gasteiger partial charge in [0.2, 0.25) is 0 Å². The Bertz CT molecular complexity index is 998. The Balaban J connectivity index is 1.38. The number of halogens is 2. The average molecular weight is 394 g/mol. The molecular weight excluding hydrogens is 374 g/mol. The molecule has 1 aliphatic heterocycles. The molecule has 0 aromatic heterocycles. The fourth-order valence-corrected chi connectivity index (χ4v) is 3.29. The van der Waals surface area contributed by atoms with Gasteiger partial charge in [0.1, 0.15) is 11.6 Å². The van der Waals surface area contributed by atoms with Crippen molar-refractivity contribution in [3.8, 4) is 11.5 Å². The third-order valence-corrected chi connectivity index (χ3v) is 4.83. The highest BCUT2D eigenvalue weighted by molar-refractivity contribution is 6.04. The normalized spacial score (nSPS) is 13.4. The summed E-state index contributed by atoms with van der Waals surface area (Å²) in [7, 11) is 0. The monoisotopic (exact) mass is 394 g/mol. The number of carbonyl (C=O) groups is 1. The number of carbonyl (C=O) groups excluding carboxylic acids is 1. The van der Waals surface area contributed by atoms with E-state index in [4.69, 9.17) is 4.74 Å². The van der Waals surface area contributed by atoms with E-state index >= 15 is 0 Å². The maximum absolute atomic E-state index is 13.7. The Hall–Kier alpha value is -3.41. The van der Waals surface area contributed by atoms with E-state index in [0.717, 1.165) is 30.9 Å². The van der Waals surface area contributed by atoms with Gasteiger partial charge in [0.15, 0.2) is 11.6 Å². The van der Waals surface area contributed by atoms with Gasteiger partial charge >= 0.3 is 0 Å². The molecule has 6 heteroatoms. The highest BCUT2D eigenvalue weighted by Crippen LogP contribution is 2.26. The summed E-state index contributed by atoms with van der Waals surface area (Å²) in [6.45, 7) is 2.14. The Morgan fingerprint density at radius 1 is 0.897 bits per heavy atom. The van der Waals surface area contributed by atoms with E-state index in [1.54, 1.807) is 24.3 Å². The second kappa shape index (κ2) is 8.31. The molecule has 4 nitrogen and oxygen atoms in total. The van der Waals surface area contributed by atoms with Crippen LogP contribution in [0.4, 0.5) is 20.2 Å². The number of hydrogen-bond donors (Lipinski definition) is 1. The van der Waals surface area contributed by atoms with Crippen LogP contribution >= 0.6 is 0 Å². The lowest BCUT2D eigenvalue weighted by atomic mass is 10.2. The SMILES string of the molecule is O=C(Nc1ccc(N2CCCC2)cc1)c1ccc(Oc2ccc(F)cc2F)cc1. The van der Waals surface area contributed by atoms with Crippen molar-refractivity contribution in [2.24, 2.45) is 0 Å². The zero-order valence-corrected chi connectivity index (χ0v) is 15.7. The first kappa shape index (κ1) is 18.9. The van der Waals surface area contributed by atoms with Gasteiger partial charge in [-0.2, -0.15) is 0 Å². The summed E-state index contributed by atoms with van der Waals surface area (Å²) in [5.41, 5.74) is 2.32. The predicted octanol–water partition coefficient (Wildman–Crippen LogP) is 5.61. The zero-order valence-electron chi connectivity index (χ0n) is 15.7. The maximum Gasteiger partial charge on any atom is 0.255 e. The number of amides is 1. The van der Waals surface area contributed by atoms with Gasteiger partial charge in [-0.15, -0.1) is 0 Å². The summed E-state index contributed by atoms with van der Waals surface area (Å²) in [5, 5.41) is 2.86. The molecule has 1 amide bonds. The number of benzene rings is 3. The molecule has 1 saturated heterocycles. The Labute approximate surface area is 167 Å². The Morgan fingerprint density at radius 2 is 1.59 bits per heavy atom. The minimum Gasteiger partial charge on any atom is -0.454 e. The van der Waals surface area contributed by atoms with Crippen LogP contribution in [-0.4, -0.2) is 19.0 Å². The van der Waals surface area contributed by atoms with Crippen LogP contribution in [-0.2, 0) is 0 Å². The van der Waals surface area contributed by atoms with Crippen LogP contribution in [0.1, 0.15) is 23.2 Å². The molecule has 3 aromatic rings. The average Bonchev–Trinajstić information content (AvgIpc) is 3.26. The molecular formula is C23H20F2N2O2. The predicted molar refractivity (Wildman–Crippen MR) is 109 cm³/mol. The summed E-state index contributed by atoms with van der Waals surface area (Å²) in [6, 6.07) is 17.2. The number of nitrogens with zero attached hydrogens (tertiary/aromatic N) is 1. The molecule has 1 fully saturated rings. The van der Waals surface area contributed by atoms with Gasteiger partial charge in [0, 0.05) is 36.1 Å². The van der Waals surface area contributed by atoms with Crippen molar-refractivity contribution >= 4 is 17.3 Å². The van der Waals surface area contributed by atoms with Crippen LogP contribution < -0.4 is 15.0 Å². The number of anilines is 2. The van der Waals surface area contributed by atoms with Gasteiger partial charge < -0.3 is 15.0 Å². The fraction of sp³-hybridized carbons (Fsp3) is 0.174. The summed E-state index contributed by atoms with van der Waals surface area (Å²) in [5.74, 6) is -1.44. The molecule has 29 heavy (non-hydrogen) atoms. The maximum atomic E-state index is 13.7. The lowest BCUT2D eigenvalue weighted by molar-refractivity contribution is 0.102. The summed E-state index contributed by atoms with van der Waals surface area (Å²) >= 11 is 0. The fourth-order valence-electron chi connectivity index (χ4n) is 3.29. The van der Waals surface area contributed by atoms with E-state index < -0.39 is 11.6 Å². The minimum absolute atomic E-state index is 0.0818. The van der Waals surface area contributed by atoms with Gasteiger partial charge in [-0.25, -0.2) is 8.78 Å². The van der Waals surface area contributed by atoms with Crippen molar-refractivity contribution in [3.63, 3.8) is 0 Å². The summed E-state index contributed by atoms with van der Waals surface area (Å²) < 4.78 is 32.0. The molecule has 1 N–H and O–H groups in total. The second-order valence-electron chi connectivity index (χ2n) is 6.90. The number of rotatable bonds is 5. The van der Waals surface area contributed by atoms with Crippen molar-refractivity contribution in [1.82, 2.24) is 0 Å². The van der Waals surface area contributed by atoms with Crippen LogP contribution in [0.15, 0.2) is 66.7 Å². The van der Waals surface area contributed by atoms with Crippen LogP contribution in [0, 0.1) is 11.6 Å². The van der Waals surface area contributed by atoms with E-state index in [0.29, 0.717) is 17.0 Å². The number of ether oxygens (including phenoxy) is 1. The lowest BCUT2D eigenvalue weighted by Gasteiger charge is -2.17. The van der Waals surface area contributed by atoms with Crippen molar-refractivity contribution in [2.75, 3.05) is 23.3 Å². The molecule has 1 aliphatic rings. The molecule has 0 radical (unpaired) electrons. The molecule has 1 heterocycles. The topological polar surface area (TPSA) is 41.6 Å². The summed E-state index contributed by atoms with van der Waals surface area (Å²) in [6.07, 6.45) is 2.43. The molecule has 0 atom stereocenters. The highest BCUT2D eigenvalue weighted by atomic mass is 19.1. The van der Waals surface area contributed by atoms with Crippen LogP contribution in [0.3, 0.4) is 0 Å². The first-order valence-electron chi connectivity index (χ1n) is 9.48. The van der Waals surface area contributed by atoms with Crippen LogP contribution in [0.5, 0.6) is 11.5 Å². The van der Waals surface area contributed by atoms with E-state index in [-0.39, 0.29) is 11.7 Å². The first-order chi connectivity index (χ1) is 14.1. The third kappa shape index (κ3) is 4.54. The van der Waals surface area contributed by atoms with E-state index in [1.807, 2.05) is 24.3 Å². The second-order valence-corrected chi connectivity index (χ2v) is 6.90. The number of hydrogen-bond acceptors (Lipinski definition) is 3. The lowest BCUT2D eigenvalue weighted by Crippen LogP contribution is -2.17. The van der Waals surface area contributed by atoms with Gasteiger partial charge in [-0.1, -0.05) is 0 Å². The molecule has 0 saturated carbocycles. The van der Waals surface area contributed by atoms with Gasteiger partial charge in [0.25, 0.3) is 5.91 Å². The van der Waals surface area contributed by atoms with Gasteiger partial charge in [0.05, 0.1) is 0 Å². The molecule has 4 rings (SSSR count). The Morgan fingerprint density at radius 3 is 2.24 bits per heavy atom. The molecule has 0 bridgehead atoms. The molecule has 0 unspecified atom stereocenters. The smallest absolute Gasteiger partial charge is 0.255 e. The quantitative estimate of drug-likeness (QED) is 0.612. The summed E-state index contributed by atoms with van der Waals surface area (Å²) in [4.78, 5) is 14.8. The van der Waals surface area contributed by atoms with Crippen molar-refractivity contribution in [3.05, 3.63) is 83.9 Å². The minimum atomic E-state index is -0.788. The van der Waals surface area contributed by atoms with Crippen molar-refractivity contribution in [2.45, 2.75) is 12.8 Å². The van der Waals surface area contributed by atoms with Crippen molar-refractivity contribution < 1.29 is 18.3 Å². The first-order valence-corrected chi connectivity index (χ1v) is 9.48. The zero-order chi connectivity index (χ0) is 20.2. The molecule has 3 aromatic carbocycles. The van der Waals surface area contributed by atoms with Crippen molar-refractivity contribution in [1.29, 1.82) is 0 Å². The molecule has 0 aliphatic carbocycles. The van der Waals surface area contributed by atoms with Crippen LogP contribution in [0.2, 0.25) is 0 Å². The van der Waals surface area contributed by atoms with Gasteiger partial charge in [-0.3, -0.25) is 4.79 Å².